The molecule has 17 heavy (non-hydrogen) atoms. The molecule has 4 nitrogen and oxygen atoms in total. The largest absolute Gasteiger partial charge is 0.370 e. The number of amides is 1. The van der Waals surface area contributed by atoms with Gasteiger partial charge in [0.05, 0.1) is 5.92 Å². The molecule has 0 aromatic heterocycles. The molecule has 0 heterocycles. The summed E-state index contributed by atoms with van der Waals surface area (Å²) >= 11 is 12.0. The molecule has 0 fully saturated rings. The van der Waals surface area contributed by atoms with E-state index in [9.17, 15) is 4.79 Å². The maximum absolute atomic E-state index is 11.8. The van der Waals surface area contributed by atoms with Gasteiger partial charge in [0, 0.05) is 42.6 Å². The van der Waals surface area contributed by atoms with Gasteiger partial charge in [-0.25, -0.2) is 0 Å². The first-order valence-corrected chi connectivity index (χ1v) is 5.70. The molecule has 3 N–H and O–H groups in total. The highest BCUT2D eigenvalue weighted by molar-refractivity contribution is 6.36. The summed E-state index contributed by atoms with van der Waals surface area (Å²) in [5, 5.41) is 3.36. The van der Waals surface area contributed by atoms with Gasteiger partial charge in [0.15, 0.2) is 5.96 Å². The number of carbonyl (C=O) groups is 1. The van der Waals surface area contributed by atoms with E-state index in [0.29, 0.717) is 15.6 Å². The van der Waals surface area contributed by atoms with E-state index in [1.54, 1.807) is 25.1 Å². The Bertz CT molecular complexity index is 471. The van der Waals surface area contributed by atoms with Crippen molar-refractivity contribution in [2.45, 2.75) is 12.8 Å². The van der Waals surface area contributed by atoms with Crippen LogP contribution in [0.5, 0.6) is 0 Å². The second-order valence-electron chi connectivity index (χ2n) is 3.46. The fourth-order valence-electron chi connectivity index (χ4n) is 1.35. The quantitative estimate of drug-likeness (QED) is 0.551. The fourth-order valence-corrected chi connectivity index (χ4v) is 2.07. The lowest BCUT2D eigenvalue weighted by Gasteiger charge is -2.14. The standard InChI is InChI=1S/C11H13Cl2N3O.14H2/c1-6(10(17)16-11(14)15-2)9-7(12)4-3-5-8(9)13;;;;;;;;;;;;;;/h3-6H,1-2H3,(H3,14,15,16,17);14*1H. The number of benzene rings is 1. The first kappa shape index (κ1) is 13.8. The van der Waals surface area contributed by atoms with E-state index < -0.39 is 5.92 Å². The normalized spacial score (nSPS) is 13.3. The van der Waals surface area contributed by atoms with Crippen LogP contribution in [0.15, 0.2) is 23.2 Å². The lowest BCUT2D eigenvalue weighted by molar-refractivity contribution is -0.120. The van der Waals surface area contributed by atoms with Crippen LogP contribution in [0.2, 0.25) is 10.0 Å². The van der Waals surface area contributed by atoms with E-state index in [-0.39, 0.29) is 31.8 Å². The third kappa shape index (κ3) is 3.35. The van der Waals surface area contributed by atoms with E-state index in [1.165, 1.54) is 7.05 Å². The van der Waals surface area contributed by atoms with Crippen molar-refractivity contribution in [3.63, 3.8) is 0 Å². The zero-order chi connectivity index (χ0) is 13.0. The lowest BCUT2D eigenvalue weighted by atomic mass is 10.0. The molecule has 120 valence electrons. The Morgan fingerprint density at radius 3 is 2.47 bits per heavy atom. The van der Waals surface area contributed by atoms with Crippen molar-refractivity contribution in [2.75, 3.05) is 7.05 Å². The van der Waals surface area contributed by atoms with Gasteiger partial charge >= 0.3 is 0 Å². The predicted molar refractivity (Wildman–Crippen MR) is 100 cm³/mol. The van der Waals surface area contributed by atoms with Crippen LogP contribution in [0.3, 0.4) is 0 Å². The van der Waals surface area contributed by atoms with Gasteiger partial charge < -0.3 is 5.73 Å². The molecular formula is C11H41Cl2N3O. The van der Waals surface area contributed by atoms with Crippen LogP contribution in [0.1, 0.15) is 38.4 Å². The Balaban J connectivity index is -0.0000000172. The number of hydrogen-bond acceptors (Lipinski definition) is 2. The van der Waals surface area contributed by atoms with E-state index in [4.69, 9.17) is 28.9 Å². The molecule has 1 aromatic rings. The van der Waals surface area contributed by atoms with Crippen molar-refractivity contribution >= 4 is 35.1 Å². The number of aliphatic imine (C=N–C) groups is 1. The molecule has 6 heteroatoms. The van der Waals surface area contributed by atoms with Crippen molar-refractivity contribution in [1.82, 2.24) is 5.32 Å². The third-order valence-electron chi connectivity index (χ3n) is 2.32. The Morgan fingerprint density at radius 1 is 1.47 bits per heavy atom. The Hall–Kier alpha value is -1.26. The van der Waals surface area contributed by atoms with Crippen LogP contribution in [-0.2, 0) is 4.79 Å². The van der Waals surface area contributed by atoms with Gasteiger partial charge in [-0.05, 0) is 19.1 Å². The highest BCUT2D eigenvalue weighted by atomic mass is 35.5. The molecule has 1 amide bonds. The molecule has 0 aliphatic heterocycles. The Morgan fingerprint density at radius 2 is 2.00 bits per heavy atom. The van der Waals surface area contributed by atoms with Crippen LogP contribution < -0.4 is 11.1 Å². The number of hydrogen-bond donors (Lipinski definition) is 2. The number of nitrogens with one attached hydrogen (secondary N) is 1. The molecule has 1 aromatic carbocycles. The summed E-state index contributed by atoms with van der Waals surface area (Å²) in [5.41, 5.74) is 6.00. The SMILES string of the molecule is CN=C(N)NC(=O)C(C)c1c(Cl)cccc1Cl.[HH].[HH].[HH].[HH].[HH].[HH].[HH].[HH].[HH].[HH].[HH].[HH].[HH].[HH]. The molecule has 0 aliphatic rings. The summed E-state index contributed by atoms with van der Waals surface area (Å²) in [6.07, 6.45) is 0. The monoisotopic (exact) mass is 301 g/mol. The molecule has 0 radical (unpaired) electrons. The maximum Gasteiger partial charge on any atom is 0.234 e. The third-order valence-corrected chi connectivity index (χ3v) is 2.98. The van der Waals surface area contributed by atoms with Crippen LogP contribution in [0.4, 0.5) is 0 Å². The molecule has 1 unspecified atom stereocenters. The summed E-state index contributed by atoms with van der Waals surface area (Å²) in [6, 6.07) is 5.09. The first-order chi connectivity index (χ1) is 7.97. The Labute approximate surface area is 131 Å². The number of rotatable bonds is 2. The van der Waals surface area contributed by atoms with Crippen LogP contribution in [0.25, 0.3) is 0 Å². The van der Waals surface area contributed by atoms with Gasteiger partial charge in [0.2, 0.25) is 5.91 Å². The molecule has 0 saturated carbocycles. The van der Waals surface area contributed by atoms with Gasteiger partial charge in [-0.2, -0.15) is 0 Å². The van der Waals surface area contributed by atoms with E-state index in [0.717, 1.165) is 0 Å². The van der Waals surface area contributed by atoms with Gasteiger partial charge in [-0.1, -0.05) is 29.3 Å². The highest BCUT2D eigenvalue weighted by Crippen LogP contribution is 2.31. The van der Waals surface area contributed by atoms with Crippen molar-refractivity contribution in [3.05, 3.63) is 33.8 Å². The number of guanidine groups is 1. The maximum atomic E-state index is 11.8. The Kier molecular flexibility index (Phi) is 4.78. The molecule has 0 saturated heterocycles. The average Bonchev–Trinajstić information content (AvgIpc) is 2.28. The molecule has 1 atom stereocenters. The van der Waals surface area contributed by atoms with E-state index in [1.807, 2.05) is 0 Å². The predicted octanol–water partition coefficient (Wildman–Crippen LogP) is 5.60. The fraction of sp³-hybridized carbons (Fsp3) is 0.273. The van der Waals surface area contributed by atoms with Crippen molar-refractivity contribution in [2.24, 2.45) is 10.7 Å². The van der Waals surface area contributed by atoms with Gasteiger partial charge in [0.25, 0.3) is 0 Å². The number of nitrogens with two attached hydrogens (primary N) is 1. The summed E-state index contributed by atoms with van der Waals surface area (Å²) < 4.78 is 0. The first-order valence-electron chi connectivity index (χ1n) is 4.94. The minimum absolute atomic E-state index is 0. The van der Waals surface area contributed by atoms with Gasteiger partial charge in [-0.3, -0.25) is 15.1 Å². The second kappa shape index (κ2) is 5.89. The number of carbonyl (C=O) groups excluding carboxylic acids is 1. The van der Waals surface area contributed by atoms with Crippen molar-refractivity contribution in [3.8, 4) is 0 Å². The van der Waals surface area contributed by atoms with Gasteiger partial charge in [-0.15, -0.1) is 0 Å². The average molecular weight is 302 g/mol. The van der Waals surface area contributed by atoms with E-state index in [2.05, 4.69) is 10.3 Å². The van der Waals surface area contributed by atoms with E-state index >= 15 is 0 Å². The van der Waals surface area contributed by atoms with Gasteiger partial charge in [0.1, 0.15) is 0 Å². The smallest absolute Gasteiger partial charge is 0.234 e. The highest BCUT2D eigenvalue weighted by Gasteiger charge is 2.21. The summed E-state index contributed by atoms with van der Waals surface area (Å²) in [6.45, 7) is 1.70. The molecule has 1 rings (SSSR count). The van der Waals surface area contributed by atoms with Crippen molar-refractivity contribution < 1.29 is 24.8 Å². The molecular weight excluding hydrogens is 261 g/mol. The molecule has 0 bridgehead atoms. The lowest BCUT2D eigenvalue weighted by Crippen LogP contribution is -2.39. The van der Waals surface area contributed by atoms with Crippen LogP contribution in [0, 0.1) is 0 Å². The zero-order valence-electron chi connectivity index (χ0n) is 9.50. The molecule has 0 spiro atoms. The van der Waals surface area contributed by atoms with Crippen LogP contribution >= 0.6 is 23.2 Å². The zero-order valence-corrected chi connectivity index (χ0v) is 11.0. The summed E-state index contributed by atoms with van der Waals surface area (Å²) in [7, 11) is 1.49. The summed E-state index contributed by atoms with van der Waals surface area (Å²) in [5.74, 6) is -0.746. The minimum Gasteiger partial charge on any atom is -0.370 e. The second-order valence-corrected chi connectivity index (χ2v) is 4.27. The van der Waals surface area contributed by atoms with Crippen LogP contribution in [-0.4, -0.2) is 18.9 Å². The molecule has 0 aliphatic carbocycles. The summed E-state index contributed by atoms with van der Waals surface area (Å²) in [4.78, 5) is 15.5. The topological polar surface area (TPSA) is 67.5 Å². The number of halogens is 2. The minimum atomic E-state index is -0.503. The van der Waals surface area contributed by atoms with Crippen molar-refractivity contribution in [1.29, 1.82) is 0 Å². The number of nitrogens with zero attached hydrogens (tertiary/aromatic N) is 1.